The van der Waals surface area contributed by atoms with Gasteiger partial charge >= 0.3 is 0 Å². The second kappa shape index (κ2) is 7.64. The topological polar surface area (TPSA) is 105 Å². The highest BCUT2D eigenvalue weighted by Crippen LogP contribution is 2.32. The van der Waals surface area contributed by atoms with Crippen molar-refractivity contribution in [1.29, 1.82) is 0 Å². The van der Waals surface area contributed by atoms with Crippen LogP contribution in [0.5, 0.6) is 0 Å². The monoisotopic (exact) mass is 336 g/mol. The lowest BCUT2D eigenvalue weighted by atomic mass is 9.97. The maximum atomic E-state index is 12.5. The fourth-order valence-corrected chi connectivity index (χ4v) is 3.31. The summed E-state index contributed by atoms with van der Waals surface area (Å²) in [6.07, 6.45) is 1.18. The number of hydrogen-bond acceptors (Lipinski definition) is 5. The Balaban J connectivity index is 2.24. The third kappa shape index (κ3) is 3.58. The van der Waals surface area contributed by atoms with Gasteiger partial charge in [0.2, 0.25) is 5.28 Å². The van der Waals surface area contributed by atoms with Crippen molar-refractivity contribution in [2.45, 2.75) is 31.1 Å². The summed E-state index contributed by atoms with van der Waals surface area (Å²) in [6, 6.07) is 8.11. The molecule has 1 heterocycles. The number of carbonyl (C=O) groups is 2. The average molecular weight is 336 g/mol. The fourth-order valence-electron chi connectivity index (χ4n) is 2.60. The zero-order valence-electron chi connectivity index (χ0n) is 13.0. The van der Waals surface area contributed by atoms with Gasteiger partial charge in [-0.1, -0.05) is 25.1 Å². The van der Waals surface area contributed by atoms with Crippen LogP contribution < -0.4 is 16.5 Å². The van der Waals surface area contributed by atoms with Gasteiger partial charge in [0.15, 0.2) is 8.46 Å². The van der Waals surface area contributed by atoms with Gasteiger partial charge in [0.05, 0.1) is 6.04 Å². The number of nitrogens with one attached hydrogen (secondary N) is 2. The molecule has 1 unspecified atom stereocenters. The first-order valence-corrected chi connectivity index (χ1v) is 8.38. The third-order valence-electron chi connectivity index (χ3n) is 3.88. The van der Waals surface area contributed by atoms with Crippen molar-refractivity contribution >= 4 is 20.3 Å². The molecular weight excluding hydrogens is 315 g/mol. The van der Waals surface area contributed by atoms with Crippen molar-refractivity contribution in [3.63, 3.8) is 0 Å². The SMILES string of the molecule is CCCN[C@@]1(P=O)C(=O)N(N)CCC1NC(=O)c1ccccc1. The zero-order valence-corrected chi connectivity index (χ0v) is 13.9. The van der Waals surface area contributed by atoms with Gasteiger partial charge < -0.3 is 5.32 Å². The summed E-state index contributed by atoms with van der Waals surface area (Å²) >= 11 is 0. The second-order valence-electron chi connectivity index (χ2n) is 5.46. The molecule has 1 aromatic rings. The third-order valence-corrected chi connectivity index (χ3v) is 4.83. The Hall–Kier alpha value is -1.82. The van der Waals surface area contributed by atoms with E-state index in [9.17, 15) is 14.2 Å². The minimum absolute atomic E-state index is 0.295. The first-order chi connectivity index (χ1) is 11.0. The zero-order chi connectivity index (χ0) is 16.9. The predicted octanol–water partition coefficient (Wildman–Crippen LogP) is 0.879. The molecule has 7 nitrogen and oxygen atoms in total. The summed E-state index contributed by atoms with van der Waals surface area (Å²) in [5.41, 5.74) is 0.488. The van der Waals surface area contributed by atoms with E-state index in [-0.39, 0.29) is 5.91 Å². The lowest BCUT2D eigenvalue weighted by molar-refractivity contribution is -0.139. The molecule has 1 aromatic carbocycles. The second-order valence-corrected chi connectivity index (χ2v) is 6.35. The molecular formula is C15H21N4O3P. The Morgan fingerprint density at radius 2 is 2.13 bits per heavy atom. The van der Waals surface area contributed by atoms with E-state index in [0.29, 0.717) is 25.1 Å². The van der Waals surface area contributed by atoms with Crippen LogP contribution in [0.1, 0.15) is 30.1 Å². The van der Waals surface area contributed by atoms with Crippen molar-refractivity contribution in [3.05, 3.63) is 35.9 Å². The summed E-state index contributed by atoms with van der Waals surface area (Å²) in [5, 5.41) is 5.47. The largest absolute Gasteiger partial charge is 0.346 e. The van der Waals surface area contributed by atoms with Gasteiger partial charge in [-0.05, 0) is 31.5 Å². The molecule has 1 aliphatic heterocycles. The van der Waals surface area contributed by atoms with Crippen molar-refractivity contribution in [3.8, 4) is 0 Å². The van der Waals surface area contributed by atoms with E-state index in [1.807, 2.05) is 13.0 Å². The number of benzene rings is 1. The molecule has 0 bridgehead atoms. The molecule has 23 heavy (non-hydrogen) atoms. The van der Waals surface area contributed by atoms with Crippen molar-refractivity contribution < 1.29 is 14.2 Å². The molecule has 2 amide bonds. The Kier molecular flexibility index (Phi) is 5.82. The molecule has 0 saturated carbocycles. The number of amides is 2. The molecule has 4 N–H and O–H groups in total. The van der Waals surface area contributed by atoms with Crippen LogP contribution in [0.2, 0.25) is 0 Å². The van der Waals surface area contributed by atoms with Crippen LogP contribution in [-0.4, -0.2) is 41.2 Å². The van der Waals surface area contributed by atoms with Crippen molar-refractivity contribution in [1.82, 2.24) is 15.6 Å². The summed E-state index contributed by atoms with van der Waals surface area (Å²) in [4.78, 5) is 24.9. The van der Waals surface area contributed by atoms with E-state index in [1.165, 1.54) is 0 Å². The van der Waals surface area contributed by atoms with E-state index < -0.39 is 25.7 Å². The highest BCUT2D eigenvalue weighted by atomic mass is 31.1. The Morgan fingerprint density at radius 3 is 2.74 bits per heavy atom. The van der Waals surface area contributed by atoms with E-state index >= 15 is 0 Å². The Labute approximate surface area is 136 Å². The number of hydrazine groups is 1. The lowest BCUT2D eigenvalue weighted by Crippen LogP contribution is -2.70. The fraction of sp³-hybridized carbons (Fsp3) is 0.467. The van der Waals surface area contributed by atoms with Crippen LogP contribution in [0.25, 0.3) is 0 Å². The number of rotatable bonds is 6. The van der Waals surface area contributed by atoms with Crippen LogP contribution in [0, 0.1) is 0 Å². The van der Waals surface area contributed by atoms with Crippen LogP contribution in [0.15, 0.2) is 30.3 Å². The summed E-state index contributed by atoms with van der Waals surface area (Å²) in [5.74, 6) is 4.91. The van der Waals surface area contributed by atoms with Gasteiger partial charge in [0.1, 0.15) is 0 Å². The van der Waals surface area contributed by atoms with Crippen molar-refractivity contribution in [2.24, 2.45) is 5.84 Å². The maximum absolute atomic E-state index is 12.5. The normalized spacial score (nSPS) is 24.7. The first kappa shape index (κ1) is 17.5. The molecule has 2 rings (SSSR count). The van der Waals surface area contributed by atoms with Gasteiger partial charge in [-0.3, -0.25) is 24.5 Å². The lowest BCUT2D eigenvalue weighted by Gasteiger charge is -2.42. The molecule has 0 aromatic heterocycles. The van der Waals surface area contributed by atoms with Gasteiger partial charge in [0, 0.05) is 12.1 Å². The Bertz CT molecular complexity index is 583. The smallest absolute Gasteiger partial charge is 0.270 e. The van der Waals surface area contributed by atoms with E-state index in [2.05, 4.69) is 10.6 Å². The highest BCUT2D eigenvalue weighted by molar-refractivity contribution is 7.28. The average Bonchev–Trinajstić information content (AvgIpc) is 2.59. The minimum atomic E-state index is -1.42. The minimum Gasteiger partial charge on any atom is -0.346 e. The van der Waals surface area contributed by atoms with E-state index in [0.717, 1.165) is 11.4 Å². The number of hydrogen-bond donors (Lipinski definition) is 3. The molecule has 1 aliphatic rings. The van der Waals surface area contributed by atoms with Crippen molar-refractivity contribution in [2.75, 3.05) is 13.1 Å². The summed E-state index contributed by atoms with van der Waals surface area (Å²) in [7, 11) is -0.406. The molecule has 1 saturated heterocycles. The number of nitrogens with zero attached hydrogens (tertiary/aromatic N) is 1. The standard InChI is InChI=1S/C15H21N4O3P/c1-2-9-17-15(23-22)12(8-10-19(16)14(15)21)18-13(20)11-6-4-3-5-7-11/h3-7,12,17H,2,8-10,16H2,1H3,(H,18,20)/t12?,15-/m0/s1. The molecule has 2 atom stereocenters. The molecule has 8 heteroatoms. The molecule has 0 aliphatic carbocycles. The number of nitrogens with two attached hydrogens (primary N) is 1. The maximum Gasteiger partial charge on any atom is 0.270 e. The van der Waals surface area contributed by atoms with E-state index in [4.69, 9.17) is 5.84 Å². The van der Waals surface area contributed by atoms with E-state index in [1.54, 1.807) is 24.3 Å². The first-order valence-electron chi connectivity index (χ1n) is 7.57. The summed E-state index contributed by atoms with van der Waals surface area (Å²) in [6.45, 7) is 2.73. The number of carbonyl (C=O) groups excluding carboxylic acids is 2. The van der Waals surface area contributed by atoms with Gasteiger partial charge in [-0.25, -0.2) is 5.84 Å². The van der Waals surface area contributed by atoms with Crippen LogP contribution in [0.3, 0.4) is 0 Å². The predicted molar refractivity (Wildman–Crippen MR) is 86.8 cm³/mol. The number of piperidine rings is 1. The van der Waals surface area contributed by atoms with Crippen LogP contribution >= 0.6 is 8.46 Å². The van der Waals surface area contributed by atoms with Gasteiger partial charge in [-0.2, -0.15) is 0 Å². The molecule has 0 spiro atoms. The van der Waals surface area contributed by atoms with Crippen LogP contribution in [0.4, 0.5) is 0 Å². The molecule has 124 valence electrons. The Morgan fingerprint density at radius 1 is 1.43 bits per heavy atom. The molecule has 0 radical (unpaired) electrons. The quantitative estimate of drug-likeness (QED) is 0.406. The van der Waals surface area contributed by atoms with Crippen LogP contribution in [-0.2, 0) is 9.36 Å². The molecule has 1 fully saturated rings. The summed E-state index contributed by atoms with van der Waals surface area (Å²) < 4.78 is 11.9. The van der Waals surface area contributed by atoms with Gasteiger partial charge in [-0.15, -0.1) is 0 Å². The highest BCUT2D eigenvalue weighted by Gasteiger charge is 2.52. The van der Waals surface area contributed by atoms with Gasteiger partial charge in [0.25, 0.3) is 11.8 Å².